The van der Waals surface area contributed by atoms with Gasteiger partial charge in [-0.15, -0.1) is 0 Å². The van der Waals surface area contributed by atoms with Crippen molar-refractivity contribution in [2.75, 3.05) is 5.32 Å². The van der Waals surface area contributed by atoms with Crippen LogP contribution in [-0.4, -0.2) is 5.91 Å². The molecule has 1 heterocycles. The summed E-state index contributed by atoms with van der Waals surface area (Å²) in [4.78, 5) is 12.0. The Labute approximate surface area is 103 Å². The molecule has 0 saturated heterocycles. The first-order chi connectivity index (χ1) is 7.86. The van der Waals surface area contributed by atoms with Crippen molar-refractivity contribution in [2.45, 2.75) is 41.5 Å². The fourth-order valence-electron chi connectivity index (χ4n) is 2.55. The van der Waals surface area contributed by atoms with E-state index in [0.717, 1.165) is 22.4 Å². The monoisotopic (exact) mass is 229 g/mol. The lowest BCUT2D eigenvalue weighted by Gasteiger charge is -2.15. The van der Waals surface area contributed by atoms with Gasteiger partial charge in [0.2, 0.25) is 0 Å². The zero-order valence-corrected chi connectivity index (χ0v) is 11.4. The van der Waals surface area contributed by atoms with Crippen LogP contribution in [0.2, 0.25) is 0 Å². The van der Waals surface area contributed by atoms with E-state index in [1.807, 2.05) is 13.8 Å². The van der Waals surface area contributed by atoms with Gasteiger partial charge >= 0.3 is 0 Å². The second-order valence-electron chi connectivity index (χ2n) is 5.08. The summed E-state index contributed by atoms with van der Waals surface area (Å²) >= 11 is 0. The Kier molecular flexibility index (Phi) is 2.61. The fraction of sp³-hybridized carbons (Fsp3) is 0.400. The molecule has 1 amide bonds. The Morgan fingerprint density at radius 3 is 1.94 bits per heavy atom. The van der Waals surface area contributed by atoms with Gasteiger partial charge in [0, 0.05) is 11.1 Å². The molecule has 17 heavy (non-hydrogen) atoms. The standard InChI is InChI=1S/C15H19NO/c1-7(2)12-13-10(5)8(3)9(4)11(6)14(13)16-15(12)17/h1-6H3,(H,16,17). The van der Waals surface area contributed by atoms with Crippen LogP contribution in [-0.2, 0) is 4.79 Å². The van der Waals surface area contributed by atoms with E-state index in [9.17, 15) is 4.79 Å². The Hall–Kier alpha value is -1.57. The van der Waals surface area contributed by atoms with Crippen LogP contribution in [0.4, 0.5) is 5.69 Å². The molecular weight excluding hydrogens is 210 g/mol. The summed E-state index contributed by atoms with van der Waals surface area (Å²) in [7, 11) is 0. The lowest BCUT2D eigenvalue weighted by atomic mass is 9.89. The van der Waals surface area contributed by atoms with Crippen LogP contribution in [0.25, 0.3) is 5.57 Å². The van der Waals surface area contributed by atoms with Gasteiger partial charge in [0.15, 0.2) is 0 Å². The summed E-state index contributed by atoms with van der Waals surface area (Å²) < 4.78 is 0. The van der Waals surface area contributed by atoms with E-state index in [2.05, 4.69) is 33.0 Å². The minimum absolute atomic E-state index is 0.0381. The summed E-state index contributed by atoms with van der Waals surface area (Å²) in [6, 6.07) is 0. The molecule has 0 saturated carbocycles. The van der Waals surface area contributed by atoms with Crippen molar-refractivity contribution in [2.24, 2.45) is 0 Å². The third kappa shape index (κ3) is 1.51. The molecule has 0 radical (unpaired) electrons. The minimum atomic E-state index is 0.0381. The first-order valence-electron chi connectivity index (χ1n) is 5.95. The average Bonchev–Trinajstić information content (AvgIpc) is 2.61. The largest absolute Gasteiger partial charge is 0.321 e. The summed E-state index contributed by atoms with van der Waals surface area (Å²) in [5.41, 5.74) is 9.01. The number of anilines is 1. The number of rotatable bonds is 0. The molecule has 0 aromatic heterocycles. The molecule has 1 N–H and O–H groups in total. The highest BCUT2D eigenvalue weighted by atomic mass is 16.2. The molecule has 2 nitrogen and oxygen atoms in total. The summed E-state index contributed by atoms with van der Waals surface area (Å²) in [5.74, 6) is 0.0381. The number of hydrogen-bond acceptors (Lipinski definition) is 1. The number of nitrogens with one attached hydrogen (secondary N) is 1. The van der Waals surface area contributed by atoms with Gasteiger partial charge in [-0.2, -0.15) is 0 Å². The lowest BCUT2D eigenvalue weighted by Crippen LogP contribution is -2.05. The van der Waals surface area contributed by atoms with Crippen molar-refractivity contribution in [3.63, 3.8) is 0 Å². The van der Waals surface area contributed by atoms with Gasteiger partial charge in [-0.1, -0.05) is 5.57 Å². The van der Waals surface area contributed by atoms with Gasteiger partial charge in [-0.05, 0) is 63.8 Å². The summed E-state index contributed by atoms with van der Waals surface area (Å²) in [6.07, 6.45) is 0. The molecule has 0 atom stereocenters. The lowest BCUT2D eigenvalue weighted by molar-refractivity contribution is -0.110. The molecular formula is C15H19NO. The van der Waals surface area contributed by atoms with Gasteiger partial charge in [0.25, 0.3) is 5.91 Å². The van der Waals surface area contributed by atoms with Gasteiger partial charge < -0.3 is 5.32 Å². The van der Waals surface area contributed by atoms with Crippen LogP contribution >= 0.6 is 0 Å². The molecule has 0 fully saturated rings. The number of fused-ring (bicyclic) bond motifs is 1. The van der Waals surface area contributed by atoms with E-state index >= 15 is 0 Å². The van der Waals surface area contributed by atoms with E-state index in [1.165, 1.54) is 22.3 Å². The predicted octanol–water partition coefficient (Wildman–Crippen LogP) is 3.67. The molecule has 2 rings (SSSR count). The molecule has 0 bridgehead atoms. The minimum Gasteiger partial charge on any atom is -0.321 e. The van der Waals surface area contributed by atoms with Crippen molar-refractivity contribution in [1.82, 2.24) is 0 Å². The van der Waals surface area contributed by atoms with E-state index in [0.29, 0.717) is 0 Å². The van der Waals surface area contributed by atoms with E-state index in [-0.39, 0.29) is 5.91 Å². The third-order valence-electron chi connectivity index (χ3n) is 3.90. The molecule has 90 valence electrons. The second-order valence-corrected chi connectivity index (χ2v) is 5.08. The average molecular weight is 229 g/mol. The summed E-state index contributed by atoms with van der Waals surface area (Å²) in [6.45, 7) is 12.4. The van der Waals surface area contributed by atoms with Crippen molar-refractivity contribution in [1.29, 1.82) is 0 Å². The van der Waals surface area contributed by atoms with E-state index < -0.39 is 0 Å². The number of amides is 1. The number of benzene rings is 1. The Morgan fingerprint density at radius 2 is 1.41 bits per heavy atom. The number of carbonyl (C=O) groups excluding carboxylic acids is 1. The number of allylic oxidation sites excluding steroid dienone is 1. The SMILES string of the molecule is CC(C)=C1C(=O)Nc2c(C)c(C)c(C)c(C)c21. The normalized spacial score (nSPS) is 13.8. The molecule has 0 unspecified atom stereocenters. The molecule has 1 aliphatic rings. The van der Waals surface area contributed by atoms with Crippen LogP contribution < -0.4 is 5.32 Å². The van der Waals surface area contributed by atoms with Crippen molar-refractivity contribution >= 4 is 17.2 Å². The molecule has 1 aromatic rings. The first kappa shape index (κ1) is 11.9. The van der Waals surface area contributed by atoms with Gasteiger partial charge in [-0.25, -0.2) is 0 Å². The first-order valence-corrected chi connectivity index (χ1v) is 5.95. The number of carbonyl (C=O) groups is 1. The third-order valence-corrected chi connectivity index (χ3v) is 3.90. The van der Waals surface area contributed by atoms with Gasteiger partial charge in [0.05, 0.1) is 5.69 Å². The topological polar surface area (TPSA) is 29.1 Å². The molecule has 2 heteroatoms. The van der Waals surface area contributed by atoms with Gasteiger partial charge in [0.1, 0.15) is 0 Å². The molecule has 1 aliphatic heterocycles. The zero-order valence-electron chi connectivity index (χ0n) is 11.4. The van der Waals surface area contributed by atoms with Crippen LogP contribution in [0, 0.1) is 27.7 Å². The smallest absolute Gasteiger partial charge is 0.256 e. The van der Waals surface area contributed by atoms with Crippen LogP contribution in [0.3, 0.4) is 0 Å². The molecule has 0 aliphatic carbocycles. The van der Waals surface area contributed by atoms with E-state index in [1.54, 1.807) is 0 Å². The van der Waals surface area contributed by atoms with Crippen LogP contribution in [0.5, 0.6) is 0 Å². The van der Waals surface area contributed by atoms with Crippen LogP contribution in [0.15, 0.2) is 5.57 Å². The maximum Gasteiger partial charge on any atom is 0.256 e. The van der Waals surface area contributed by atoms with E-state index in [4.69, 9.17) is 0 Å². The van der Waals surface area contributed by atoms with Gasteiger partial charge in [-0.3, -0.25) is 4.79 Å². The van der Waals surface area contributed by atoms with Crippen molar-refractivity contribution < 1.29 is 4.79 Å². The Morgan fingerprint density at radius 1 is 0.882 bits per heavy atom. The highest BCUT2D eigenvalue weighted by molar-refractivity contribution is 6.33. The highest BCUT2D eigenvalue weighted by Gasteiger charge is 2.29. The fourth-order valence-corrected chi connectivity index (χ4v) is 2.55. The zero-order chi connectivity index (χ0) is 12.9. The second kappa shape index (κ2) is 3.73. The predicted molar refractivity (Wildman–Crippen MR) is 72.3 cm³/mol. The molecule has 0 spiro atoms. The highest BCUT2D eigenvalue weighted by Crippen LogP contribution is 2.41. The summed E-state index contributed by atoms with van der Waals surface area (Å²) in [5, 5.41) is 3.01. The van der Waals surface area contributed by atoms with Crippen molar-refractivity contribution in [3.8, 4) is 0 Å². The van der Waals surface area contributed by atoms with Crippen LogP contribution in [0.1, 0.15) is 41.7 Å². The Balaban J connectivity index is 2.90. The quantitative estimate of drug-likeness (QED) is 0.676. The maximum absolute atomic E-state index is 12.0. The van der Waals surface area contributed by atoms with Crippen molar-refractivity contribution in [3.05, 3.63) is 33.4 Å². The Bertz CT molecular complexity index is 561. The maximum atomic E-state index is 12.0. The molecule has 1 aromatic carbocycles. The number of hydrogen-bond donors (Lipinski definition) is 1.